The molecule has 4 aliphatic carbocycles. The van der Waals surface area contributed by atoms with E-state index in [-0.39, 0.29) is 12.0 Å². The van der Waals surface area contributed by atoms with E-state index < -0.39 is 0 Å². The first-order valence-corrected chi connectivity index (χ1v) is 6.83. The van der Waals surface area contributed by atoms with Gasteiger partial charge < -0.3 is 9.52 Å². The van der Waals surface area contributed by atoms with Gasteiger partial charge in [-0.15, -0.1) is 0 Å². The number of hydrogen-bond donors (Lipinski definition) is 1. The second-order valence-electron chi connectivity index (χ2n) is 6.48. The van der Waals surface area contributed by atoms with Gasteiger partial charge in [-0.2, -0.15) is 0 Å². The third-order valence-corrected chi connectivity index (χ3v) is 5.31. The van der Waals surface area contributed by atoms with Crippen molar-refractivity contribution in [1.29, 1.82) is 0 Å². The number of nitrogens with zero attached hydrogens (tertiary/aromatic N) is 1. The normalized spacial score (nSPS) is 43.2. The summed E-state index contributed by atoms with van der Waals surface area (Å²) in [6, 6.07) is 0. The highest BCUT2D eigenvalue weighted by Gasteiger charge is 2.53. The average Bonchev–Trinajstić information content (AvgIpc) is 2.75. The molecule has 4 bridgehead atoms. The molecule has 0 aliphatic heterocycles. The van der Waals surface area contributed by atoms with Crippen LogP contribution in [0.5, 0.6) is 0 Å². The topological polar surface area (TPSA) is 46.3 Å². The van der Waals surface area contributed by atoms with Crippen molar-refractivity contribution in [3.8, 4) is 0 Å². The number of oxazole rings is 1. The first-order valence-electron chi connectivity index (χ1n) is 6.83. The fraction of sp³-hybridized carbons (Fsp3) is 0.786. The Balaban J connectivity index is 1.77. The number of hydrogen-bond acceptors (Lipinski definition) is 3. The van der Waals surface area contributed by atoms with E-state index in [1.165, 1.54) is 44.9 Å². The van der Waals surface area contributed by atoms with E-state index in [0.29, 0.717) is 0 Å². The summed E-state index contributed by atoms with van der Waals surface area (Å²) in [5.41, 5.74) is 1.01. The maximum atomic E-state index is 9.39. The number of aliphatic hydroxyl groups is 1. The van der Waals surface area contributed by atoms with E-state index in [1.807, 2.05) is 0 Å². The minimum atomic E-state index is 0.0214. The highest BCUT2D eigenvalue weighted by Crippen LogP contribution is 2.61. The number of aromatic nitrogens is 1. The molecule has 4 fully saturated rings. The molecule has 5 rings (SSSR count). The van der Waals surface area contributed by atoms with Crippen molar-refractivity contribution in [1.82, 2.24) is 4.98 Å². The molecule has 3 nitrogen and oxygen atoms in total. The van der Waals surface area contributed by atoms with Crippen LogP contribution in [0, 0.1) is 17.8 Å². The molecule has 1 aromatic heterocycles. The minimum Gasteiger partial charge on any atom is -0.448 e. The van der Waals surface area contributed by atoms with Crippen LogP contribution in [-0.4, -0.2) is 10.1 Å². The Morgan fingerprint density at radius 1 is 1.18 bits per heavy atom. The summed E-state index contributed by atoms with van der Waals surface area (Å²) >= 11 is 0. The van der Waals surface area contributed by atoms with Crippen molar-refractivity contribution < 1.29 is 9.52 Å². The Labute approximate surface area is 101 Å². The first kappa shape index (κ1) is 10.1. The van der Waals surface area contributed by atoms with E-state index in [4.69, 9.17) is 4.42 Å². The molecule has 0 amide bonds. The standard InChI is InChI=1S/C14H19NO2/c16-7-12-13(17-8-15-12)14-4-9-1-10(5-14)3-11(2-9)6-14/h8-11,16H,1-7H2. The molecule has 0 unspecified atom stereocenters. The van der Waals surface area contributed by atoms with Crippen LogP contribution in [0.2, 0.25) is 0 Å². The molecule has 0 saturated heterocycles. The Bertz CT molecular complexity index is 402. The maximum absolute atomic E-state index is 9.39. The van der Waals surface area contributed by atoms with Crippen LogP contribution in [0.1, 0.15) is 50.0 Å². The highest BCUT2D eigenvalue weighted by molar-refractivity contribution is 5.24. The predicted octanol–water partition coefficient (Wildman–Crippen LogP) is 2.63. The summed E-state index contributed by atoms with van der Waals surface area (Å²) in [7, 11) is 0. The van der Waals surface area contributed by atoms with Crippen molar-refractivity contribution in [2.75, 3.05) is 0 Å². The van der Waals surface area contributed by atoms with Gasteiger partial charge in [-0.25, -0.2) is 4.98 Å². The van der Waals surface area contributed by atoms with E-state index in [0.717, 1.165) is 29.2 Å². The van der Waals surface area contributed by atoms with Crippen LogP contribution in [0.25, 0.3) is 0 Å². The molecule has 0 spiro atoms. The highest BCUT2D eigenvalue weighted by atomic mass is 16.3. The van der Waals surface area contributed by atoms with Gasteiger partial charge in [0.2, 0.25) is 0 Å². The van der Waals surface area contributed by atoms with Gasteiger partial charge in [0, 0.05) is 5.41 Å². The lowest BCUT2D eigenvalue weighted by Crippen LogP contribution is -2.48. The van der Waals surface area contributed by atoms with Crippen LogP contribution in [0.4, 0.5) is 0 Å². The predicted molar refractivity (Wildman–Crippen MR) is 62.3 cm³/mol. The average molecular weight is 233 g/mol. The summed E-state index contributed by atoms with van der Waals surface area (Å²) < 4.78 is 5.67. The Morgan fingerprint density at radius 3 is 2.29 bits per heavy atom. The fourth-order valence-electron chi connectivity index (χ4n) is 5.20. The molecule has 4 aliphatic rings. The smallest absolute Gasteiger partial charge is 0.181 e. The summed E-state index contributed by atoms with van der Waals surface area (Å²) in [4.78, 5) is 4.18. The van der Waals surface area contributed by atoms with Crippen molar-refractivity contribution >= 4 is 0 Å². The Kier molecular flexibility index (Phi) is 1.99. The molecule has 3 heteroatoms. The zero-order valence-corrected chi connectivity index (χ0v) is 10.1. The lowest BCUT2D eigenvalue weighted by molar-refractivity contribution is -0.0162. The zero-order chi connectivity index (χ0) is 11.5. The van der Waals surface area contributed by atoms with Crippen LogP contribution in [-0.2, 0) is 12.0 Å². The van der Waals surface area contributed by atoms with E-state index in [9.17, 15) is 5.11 Å². The van der Waals surface area contributed by atoms with Gasteiger partial charge in [0.05, 0.1) is 6.61 Å². The largest absolute Gasteiger partial charge is 0.448 e. The monoisotopic (exact) mass is 233 g/mol. The molecule has 1 aromatic rings. The van der Waals surface area contributed by atoms with Crippen molar-refractivity contribution in [3.63, 3.8) is 0 Å². The molecule has 1 N–H and O–H groups in total. The van der Waals surface area contributed by atoms with Crippen LogP contribution < -0.4 is 0 Å². The molecule has 4 saturated carbocycles. The first-order chi connectivity index (χ1) is 8.29. The molecule has 0 aromatic carbocycles. The van der Waals surface area contributed by atoms with Gasteiger partial charge >= 0.3 is 0 Å². The molecule has 0 atom stereocenters. The molecule has 17 heavy (non-hydrogen) atoms. The van der Waals surface area contributed by atoms with Crippen molar-refractivity contribution in [2.45, 2.75) is 50.5 Å². The van der Waals surface area contributed by atoms with E-state index >= 15 is 0 Å². The maximum Gasteiger partial charge on any atom is 0.181 e. The summed E-state index contributed by atoms with van der Waals surface area (Å²) in [6.45, 7) is 0.0214. The second-order valence-corrected chi connectivity index (χ2v) is 6.48. The molecular weight excluding hydrogens is 214 g/mol. The van der Waals surface area contributed by atoms with Gasteiger partial charge in [0.1, 0.15) is 11.5 Å². The molecule has 0 radical (unpaired) electrons. The number of aliphatic hydroxyl groups excluding tert-OH is 1. The van der Waals surface area contributed by atoms with Gasteiger partial charge in [-0.3, -0.25) is 0 Å². The third-order valence-electron chi connectivity index (χ3n) is 5.31. The third kappa shape index (κ3) is 1.35. The lowest BCUT2D eigenvalue weighted by atomic mass is 9.49. The second kappa shape index (κ2) is 3.35. The van der Waals surface area contributed by atoms with Gasteiger partial charge in [0.25, 0.3) is 0 Å². The lowest BCUT2D eigenvalue weighted by Gasteiger charge is -2.55. The zero-order valence-electron chi connectivity index (χ0n) is 10.1. The Hall–Kier alpha value is -0.830. The number of rotatable bonds is 2. The summed E-state index contributed by atoms with van der Waals surface area (Å²) in [5, 5.41) is 9.39. The summed E-state index contributed by atoms with van der Waals surface area (Å²) in [6.07, 6.45) is 9.61. The molecular formula is C14H19NO2. The fourth-order valence-corrected chi connectivity index (χ4v) is 5.20. The van der Waals surface area contributed by atoms with Crippen LogP contribution >= 0.6 is 0 Å². The molecule has 92 valence electrons. The Morgan fingerprint density at radius 2 is 1.76 bits per heavy atom. The van der Waals surface area contributed by atoms with E-state index in [1.54, 1.807) is 0 Å². The van der Waals surface area contributed by atoms with Crippen molar-refractivity contribution in [2.24, 2.45) is 17.8 Å². The SMILES string of the molecule is OCc1ncoc1C12CC3CC(CC(C3)C1)C2. The van der Waals surface area contributed by atoms with Gasteiger partial charge in [0.15, 0.2) is 6.39 Å². The van der Waals surface area contributed by atoms with Gasteiger partial charge in [-0.05, 0) is 56.3 Å². The minimum absolute atomic E-state index is 0.0214. The van der Waals surface area contributed by atoms with E-state index in [2.05, 4.69) is 4.98 Å². The quantitative estimate of drug-likeness (QED) is 0.854. The molecule has 1 heterocycles. The van der Waals surface area contributed by atoms with Crippen LogP contribution in [0.15, 0.2) is 10.8 Å². The summed E-state index contributed by atoms with van der Waals surface area (Å²) in [5.74, 6) is 3.72. The van der Waals surface area contributed by atoms with Crippen LogP contribution in [0.3, 0.4) is 0 Å². The van der Waals surface area contributed by atoms with Crippen molar-refractivity contribution in [3.05, 3.63) is 17.8 Å². The van der Waals surface area contributed by atoms with Gasteiger partial charge in [-0.1, -0.05) is 0 Å².